The van der Waals surface area contributed by atoms with E-state index in [2.05, 4.69) is 4.90 Å². The van der Waals surface area contributed by atoms with Crippen LogP contribution in [0, 0.1) is 0 Å². The lowest BCUT2D eigenvalue weighted by atomic mass is 9.84. The first-order chi connectivity index (χ1) is 8.83. The number of ether oxygens (including phenoxy) is 1. The van der Waals surface area contributed by atoms with Crippen molar-refractivity contribution < 1.29 is 9.84 Å². The molecule has 1 spiro atoms. The van der Waals surface area contributed by atoms with E-state index in [0.717, 1.165) is 25.6 Å². The van der Waals surface area contributed by atoms with E-state index in [1.54, 1.807) is 0 Å². The summed E-state index contributed by atoms with van der Waals surface area (Å²) in [7, 11) is 0. The number of nitrogens with zero attached hydrogens (tertiary/aromatic N) is 1. The second-order valence-corrected chi connectivity index (χ2v) is 6.43. The van der Waals surface area contributed by atoms with E-state index in [9.17, 15) is 5.11 Å². The molecule has 1 aliphatic heterocycles. The van der Waals surface area contributed by atoms with Crippen molar-refractivity contribution in [3.63, 3.8) is 0 Å². The van der Waals surface area contributed by atoms with Crippen LogP contribution in [0.4, 0.5) is 0 Å². The van der Waals surface area contributed by atoms with Gasteiger partial charge >= 0.3 is 0 Å². The van der Waals surface area contributed by atoms with Crippen LogP contribution in [0.25, 0.3) is 0 Å². The van der Waals surface area contributed by atoms with Crippen LogP contribution in [-0.2, 0) is 4.74 Å². The SMILES string of the molecule is OCCN(C1CCC1)C1CCOC2(CCCC2)C1. The van der Waals surface area contributed by atoms with Gasteiger partial charge < -0.3 is 9.84 Å². The number of hydrogen-bond donors (Lipinski definition) is 1. The molecule has 0 bridgehead atoms. The maximum absolute atomic E-state index is 9.32. The Bertz CT molecular complexity index is 272. The smallest absolute Gasteiger partial charge is 0.0697 e. The number of aliphatic hydroxyl groups is 1. The van der Waals surface area contributed by atoms with Gasteiger partial charge in [-0.3, -0.25) is 4.90 Å². The van der Waals surface area contributed by atoms with Crippen molar-refractivity contribution in [1.29, 1.82) is 0 Å². The van der Waals surface area contributed by atoms with Gasteiger partial charge in [-0.2, -0.15) is 0 Å². The number of rotatable bonds is 4. The molecule has 2 saturated carbocycles. The van der Waals surface area contributed by atoms with Crippen LogP contribution in [0.2, 0.25) is 0 Å². The average molecular weight is 253 g/mol. The van der Waals surface area contributed by atoms with Crippen LogP contribution in [0.15, 0.2) is 0 Å². The van der Waals surface area contributed by atoms with Crippen LogP contribution in [-0.4, -0.2) is 47.4 Å². The minimum atomic E-state index is 0.209. The lowest BCUT2D eigenvalue weighted by Gasteiger charge is -2.48. The van der Waals surface area contributed by atoms with E-state index in [4.69, 9.17) is 4.74 Å². The normalized spacial score (nSPS) is 32.0. The summed E-state index contributed by atoms with van der Waals surface area (Å²) < 4.78 is 6.13. The van der Waals surface area contributed by atoms with Crippen molar-refractivity contribution in [3.8, 4) is 0 Å². The van der Waals surface area contributed by atoms with Gasteiger partial charge in [0.2, 0.25) is 0 Å². The van der Waals surface area contributed by atoms with Gasteiger partial charge in [0.05, 0.1) is 12.2 Å². The lowest BCUT2D eigenvalue weighted by molar-refractivity contribution is -0.112. The van der Waals surface area contributed by atoms with Crippen LogP contribution < -0.4 is 0 Å². The first-order valence-corrected chi connectivity index (χ1v) is 7.84. The van der Waals surface area contributed by atoms with Crippen molar-refractivity contribution in [2.45, 2.75) is 75.5 Å². The molecule has 0 aromatic carbocycles. The highest BCUT2D eigenvalue weighted by atomic mass is 16.5. The second-order valence-electron chi connectivity index (χ2n) is 6.43. The summed E-state index contributed by atoms with van der Waals surface area (Å²) >= 11 is 0. The molecule has 3 heteroatoms. The summed E-state index contributed by atoms with van der Waals surface area (Å²) in [6.45, 7) is 2.10. The fraction of sp³-hybridized carbons (Fsp3) is 1.00. The van der Waals surface area contributed by atoms with Crippen LogP contribution in [0.3, 0.4) is 0 Å². The van der Waals surface area contributed by atoms with E-state index < -0.39 is 0 Å². The van der Waals surface area contributed by atoms with Crippen LogP contribution in [0.1, 0.15) is 57.8 Å². The first kappa shape index (κ1) is 12.9. The molecule has 3 nitrogen and oxygen atoms in total. The standard InChI is InChI=1S/C15H27NO2/c17-10-9-16(13-4-3-5-13)14-6-11-18-15(12-14)7-1-2-8-15/h13-14,17H,1-12H2. The molecule has 1 heterocycles. The van der Waals surface area contributed by atoms with Gasteiger partial charge in [0.1, 0.15) is 0 Å². The highest BCUT2D eigenvalue weighted by Crippen LogP contribution is 2.42. The van der Waals surface area contributed by atoms with Crippen molar-refractivity contribution >= 4 is 0 Å². The van der Waals surface area contributed by atoms with Gasteiger partial charge in [0, 0.05) is 25.2 Å². The zero-order chi connectivity index (χ0) is 12.4. The Labute approximate surface area is 110 Å². The Kier molecular flexibility index (Phi) is 3.92. The zero-order valence-corrected chi connectivity index (χ0v) is 11.4. The van der Waals surface area contributed by atoms with Gasteiger partial charge in [-0.05, 0) is 38.5 Å². The molecule has 104 valence electrons. The molecule has 18 heavy (non-hydrogen) atoms. The van der Waals surface area contributed by atoms with Gasteiger partial charge in [-0.25, -0.2) is 0 Å². The number of hydrogen-bond acceptors (Lipinski definition) is 3. The van der Waals surface area contributed by atoms with Crippen molar-refractivity contribution in [2.24, 2.45) is 0 Å². The predicted molar refractivity (Wildman–Crippen MR) is 71.6 cm³/mol. The molecule has 0 aromatic rings. The highest BCUT2D eigenvalue weighted by Gasteiger charge is 2.43. The quantitative estimate of drug-likeness (QED) is 0.834. The van der Waals surface area contributed by atoms with Gasteiger partial charge in [0.15, 0.2) is 0 Å². The van der Waals surface area contributed by atoms with Gasteiger partial charge in [-0.1, -0.05) is 19.3 Å². The summed E-state index contributed by atoms with van der Waals surface area (Å²) in [5, 5.41) is 9.32. The van der Waals surface area contributed by atoms with E-state index in [-0.39, 0.29) is 5.60 Å². The zero-order valence-electron chi connectivity index (χ0n) is 11.4. The van der Waals surface area contributed by atoms with Gasteiger partial charge in [0.25, 0.3) is 0 Å². The maximum atomic E-state index is 9.32. The summed E-state index contributed by atoms with van der Waals surface area (Å²) in [5.41, 5.74) is 0.209. The molecule has 0 aromatic heterocycles. The second kappa shape index (κ2) is 5.48. The monoisotopic (exact) mass is 253 g/mol. The number of aliphatic hydroxyl groups excluding tert-OH is 1. The Balaban J connectivity index is 1.65. The van der Waals surface area contributed by atoms with E-state index in [1.807, 2.05) is 0 Å². The van der Waals surface area contributed by atoms with Crippen molar-refractivity contribution in [1.82, 2.24) is 4.90 Å². The molecule has 0 radical (unpaired) electrons. The Hall–Kier alpha value is -0.120. The molecular formula is C15H27NO2. The third-order valence-corrected chi connectivity index (χ3v) is 5.35. The average Bonchev–Trinajstić information content (AvgIpc) is 2.74. The molecule has 1 saturated heterocycles. The van der Waals surface area contributed by atoms with Crippen molar-refractivity contribution in [2.75, 3.05) is 19.8 Å². The lowest BCUT2D eigenvalue weighted by Crippen LogP contribution is -2.53. The first-order valence-electron chi connectivity index (χ1n) is 7.84. The predicted octanol–water partition coefficient (Wildman–Crippen LogP) is 2.33. The van der Waals surface area contributed by atoms with E-state index in [1.165, 1.54) is 51.4 Å². The summed E-state index contributed by atoms with van der Waals surface area (Å²) in [4.78, 5) is 2.60. The summed E-state index contributed by atoms with van der Waals surface area (Å²) in [6.07, 6.45) is 11.6. The molecule has 1 N–H and O–H groups in total. The molecule has 1 unspecified atom stereocenters. The highest BCUT2D eigenvalue weighted by molar-refractivity contribution is 4.96. The van der Waals surface area contributed by atoms with Crippen LogP contribution in [0.5, 0.6) is 0 Å². The molecule has 3 fully saturated rings. The Morgan fingerprint density at radius 1 is 1.06 bits per heavy atom. The minimum Gasteiger partial charge on any atom is -0.395 e. The molecule has 1 atom stereocenters. The molecule has 3 rings (SSSR count). The Morgan fingerprint density at radius 2 is 1.83 bits per heavy atom. The Morgan fingerprint density at radius 3 is 2.44 bits per heavy atom. The van der Waals surface area contributed by atoms with Crippen molar-refractivity contribution in [3.05, 3.63) is 0 Å². The maximum Gasteiger partial charge on any atom is 0.0697 e. The fourth-order valence-electron chi connectivity index (χ4n) is 4.15. The molecular weight excluding hydrogens is 226 g/mol. The summed E-state index contributed by atoms with van der Waals surface area (Å²) in [5.74, 6) is 0. The minimum absolute atomic E-state index is 0.209. The molecule has 3 aliphatic rings. The molecule has 2 aliphatic carbocycles. The fourth-order valence-corrected chi connectivity index (χ4v) is 4.15. The third kappa shape index (κ3) is 2.45. The third-order valence-electron chi connectivity index (χ3n) is 5.35. The molecule has 0 amide bonds. The van der Waals surface area contributed by atoms with E-state index in [0.29, 0.717) is 12.6 Å². The van der Waals surface area contributed by atoms with Crippen LogP contribution >= 0.6 is 0 Å². The van der Waals surface area contributed by atoms with Gasteiger partial charge in [-0.15, -0.1) is 0 Å². The topological polar surface area (TPSA) is 32.7 Å². The largest absolute Gasteiger partial charge is 0.395 e. The summed E-state index contributed by atoms with van der Waals surface area (Å²) in [6, 6.07) is 1.41. The van der Waals surface area contributed by atoms with E-state index >= 15 is 0 Å².